The quantitative estimate of drug-likeness (QED) is 0.770. The van der Waals surface area contributed by atoms with Crippen LogP contribution in [0.15, 0.2) is 22.6 Å². The SMILES string of the molecule is CN(c1nc2cc(N)ccc2o1)C1COC1. The molecule has 0 unspecified atom stereocenters. The summed E-state index contributed by atoms with van der Waals surface area (Å²) in [5.41, 5.74) is 7.94. The molecule has 0 aliphatic carbocycles. The van der Waals surface area contributed by atoms with Gasteiger partial charge in [0.1, 0.15) is 5.52 Å². The average molecular weight is 219 g/mol. The topological polar surface area (TPSA) is 64.5 Å². The van der Waals surface area contributed by atoms with Gasteiger partial charge in [-0.2, -0.15) is 4.98 Å². The van der Waals surface area contributed by atoms with Crippen LogP contribution in [0.4, 0.5) is 11.7 Å². The molecule has 1 aromatic carbocycles. The molecule has 2 N–H and O–H groups in total. The summed E-state index contributed by atoms with van der Waals surface area (Å²) in [5.74, 6) is 0. The van der Waals surface area contributed by atoms with Crippen molar-refractivity contribution in [1.29, 1.82) is 0 Å². The second-order valence-corrected chi connectivity index (χ2v) is 4.03. The van der Waals surface area contributed by atoms with Crippen LogP contribution in [0.5, 0.6) is 0 Å². The minimum absolute atomic E-state index is 0.366. The number of rotatable bonds is 2. The molecule has 1 fully saturated rings. The van der Waals surface area contributed by atoms with E-state index in [0.29, 0.717) is 17.7 Å². The molecular formula is C11H13N3O2. The van der Waals surface area contributed by atoms with E-state index in [9.17, 15) is 0 Å². The van der Waals surface area contributed by atoms with E-state index in [1.54, 1.807) is 0 Å². The summed E-state index contributed by atoms with van der Waals surface area (Å²) in [6.07, 6.45) is 0. The van der Waals surface area contributed by atoms with Crippen LogP contribution >= 0.6 is 0 Å². The van der Waals surface area contributed by atoms with Crippen LogP contribution in [-0.4, -0.2) is 31.3 Å². The van der Waals surface area contributed by atoms with Gasteiger partial charge in [-0.05, 0) is 18.2 Å². The van der Waals surface area contributed by atoms with Crippen LogP contribution in [0, 0.1) is 0 Å². The Morgan fingerprint density at radius 2 is 2.25 bits per heavy atom. The Balaban J connectivity index is 1.97. The summed E-state index contributed by atoms with van der Waals surface area (Å²) < 4.78 is 10.8. The molecule has 0 saturated carbocycles. The predicted molar refractivity (Wildman–Crippen MR) is 61.4 cm³/mol. The molecule has 1 aromatic heterocycles. The molecule has 0 radical (unpaired) electrons. The molecule has 0 spiro atoms. The van der Waals surface area contributed by atoms with Crippen LogP contribution in [-0.2, 0) is 4.74 Å². The first-order chi connectivity index (χ1) is 7.74. The molecule has 0 bridgehead atoms. The van der Waals surface area contributed by atoms with E-state index in [4.69, 9.17) is 14.9 Å². The van der Waals surface area contributed by atoms with Crippen molar-refractivity contribution >= 4 is 22.8 Å². The van der Waals surface area contributed by atoms with Crippen molar-refractivity contribution in [1.82, 2.24) is 4.98 Å². The first-order valence-electron chi connectivity index (χ1n) is 5.21. The van der Waals surface area contributed by atoms with Gasteiger partial charge in [0.15, 0.2) is 5.58 Å². The van der Waals surface area contributed by atoms with Crippen molar-refractivity contribution in [3.05, 3.63) is 18.2 Å². The largest absolute Gasteiger partial charge is 0.423 e. The van der Waals surface area contributed by atoms with Gasteiger partial charge in [0.25, 0.3) is 6.01 Å². The Bertz CT molecular complexity index is 519. The summed E-state index contributed by atoms with van der Waals surface area (Å²) in [5, 5.41) is 0. The molecule has 2 aromatic rings. The van der Waals surface area contributed by atoms with Crippen molar-refractivity contribution in [3.63, 3.8) is 0 Å². The van der Waals surface area contributed by atoms with Gasteiger partial charge < -0.3 is 19.8 Å². The third-order valence-electron chi connectivity index (χ3n) is 2.87. The zero-order valence-corrected chi connectivity index (χ0v) is 9.01. The van der Waals surface area contributed by atoms with Gasteiger partial charge in [0, 0.05) is 12.7 Å². The molecule has 1 aliphatic rings. The van der Waals surface area contributed by atoms with Crippen molar-refractivity contribution in [3.8, 4) is 0 Å². The summed E-state index contributed by atoms with van der Waals surface area (Å²) in [4.78, 5) is 6.40. The average Bonchev–Trinajstić information content (AvgIpc) is 2.57. The van der Waals surface area contributed by atoms with Crippen LogP contribution in [0.3, 0.4) is 0 Å². The first kappa shape index (κ1) is 9.47. The van der Waals surface area contributed by atoms with E-state index in [2.05, 4.69) is 4.98 Å². The first-order valence-corrected chi connectivity index (χ1v) is 5.21. The number of nitrogens with two attached hydrogens (primary N) is 1. The number of fused-ring (bicyclic) bond motifs is 1. The molecule has 2 heterocycles. The van der Waals surface area contributed by atoms with Gasteiger partial charge in [-0.1, -0.05) is 0 Å². The van der Waals surface area contributed by atoms with Crippen LogP contribution in [0.1, 0.15) is 0 Å². The molecule has 1 saturated heterocycles. The minimum Gasteiger partial charge on any atom is -0.423 e. The number of aromatic nitrogens is 1. The molecule has 5 heteroatoms. The highest BCUT2D eigenvalue weighted by Gasteiger charge is 2.26. The van der Waals surface area contributed by atoms with Gasteiger partial charge >= 0.3 is 0 Å². The summed E-state index contributed by atoms with van der Waals surface area (Å²) in [6.45, 7) is 1.47. The van der Waals surface area contributed by atoms with E-state index < -0.39 is 0 Å². The summed E-state index contributed by atoms with van der Waals surface area (Å²) >= 11 is 0. The van der Waals surface area contributed by atoms with Crippen molar-refractivity contribution in [2.75, 3.05) is 30.9 Å². The van der Waals surface area contributed by atoms with Gasteiger partial charge in [-0.25, -0.2) is 0 Å². The predicted octanol–water partition coefficient (Wildman–Crippen LogP) is 1.24. The fraction of sp³-hybridized carbons (Fsp3) is 0.364. The maximum Gasteiger partial charge on any atom is 0.298 e. The lowest BCUT2D eigenvalue weighted by Gasteiger charge is -2.33. The molecule has 16 heavy (non-hydrogen) atoms. The van der Waals surface area contributed by atoms with Gasteiger partial charge in [-0.15, -0.1) is 0 Å². The van der Waals surface area contributed by atoms with Crippen LogP contribution in [0.2, 0.25) is 0 Å². The van der Waals surface area contributed by atoms with Gasteiger partial charge in [0.05, 0.1) is 19.3 Å². The smallest absolute Gasteiger partial charge is 0.298 e. The standard InChI is InChI=1S/C11H13N3O2/c1-14(8-5-15-6-8)11-13-9-4-7(12)2-3-10(9)16-11/h2-4,8H,5-6,12H2,1H3. The molecular weight excluding hydrogens is 206 g/mol. The summed E-state index contributed by atoms with van der Waals surface area (Å²) in [7, 11) is 1.96. The zero-order valence-electron chi connectivity index (χ0n) is 9.01. The Hall–Kier alpha value is -1.75. The number of nitrogens with zero attached hydrogens (tertiary/aromatic N) is 2. The molecule has 0 atom stereocenters. The van der Waals surface area contributed by atoms with E-state index in [0.717, 1.165) is 24.3 Å². The lowest BCUT2D eigenvalue weighted by molar-refractivity contribution is 0.00864. The summed E-state index contributed by atoms with van der Waals surface area (Å²) in [6, 6.07) is 6.45. The Morgan fingerprint density at radius 1 is 1.44 bits per heavy atom. The molecule has 5 nitrogen and oxygen atoms in total. The molecule has 84 valence electrons. The highest BCUT2D eigenvalue weighted by Crippen LogP contribution is 2.25. The van der Waals surface area contributed by atoms with Crippen molar-refractivity contribution in [2.24, 2.45) is 0 Å². The van der Waals surface area contributed by atoms with Crippen molar-refractivity contribution < 1.29 is 9.15 Å². The van der Waals surface area contributed by atoms with Crippen molar-refractivity contribution in [2.45, 2.75) is 6.04 Å². The number of hydrogen-bond acceptors (Lipinski definition) is 5. The van der Waals surface area contributed by atoms with E-state index in [1.165, 1.54) is 0 Å². The third-order valence-corrected chi connectivity index (χ3v) is 2.87. The van der Waals surface area contributed by atoms with E-state index >= 15 is 0 Å². The normalized spacial score (nSPS) is 16.3. The fourth-order valence-electron chi connectivity index (χ4n) is 1.69. The number of nitrogen functional groups attached to an aromatic ring is 1. The molecule has 0 amide bonds. The van der Waals surface area contributed by atoms with E-state index in [-0.39, 0.29) is 0 Å². The van der Waals surface area contributed by atoms with Crippen LogP contribution in [0.25, 0.3) is 11.1 Å². The second kappa shape index (κ2) is 3.38. The Morgan fingerprint density at radius 3 is 2.94 bits per heavy atom. The highest BCUT2D eigenvalue weighted by molar-refractivity contribution is 5.78. The Labute approximate surface area is 92.8 Å². The number of ether oxygens (including phenoxy) is 1. The minimum atomic E-state index is 0.366. The number of oxazole rings is 1. The molecule has 1 aliphatic heterocycles. The highest BCUT2D eigenvalue weighted by atomic mass is 16.5. The lowest BCUT2D eigenvalue weighted by Crippen LogP contribution is -2.47. The fourth-order valence-corrected chi connectivity index (χ4v) is 1.69. The maximum absolute atomic E-state index is 5.69. The number of anilines is 2. The van der Waals surface area contributed by atoms with Crippen LogP contribution < -0.4 is 10.6 Å². The number of benzene rings is 1. The molecule has 3 rings (SSSR count). The Kier molecular flexibility index (Phi) is 2.00. The van der Waals surface area contributed by atoms with E-state index in [1.807, 2.05) is 30.1 Å². The second-order valence-electron chi connectivity index (χ2n) is 4.03. The zero-order chi connectivity index (χ0) is 11.1. The third kappa shape index (κ3) is 1.40. The van der Waals surface area contributed by atoms with Gasteiger partial charge in [-0.3, -0.25) is 0 Å². The lowest BCUT2D eigenvalue weighted by atomic mass is 10.2. The number of hydrogen-bond donors (Lipinski definition) is 1. The number of likely N-dealkylation sites (N-methyl/N-ethyl adjacent to an activating group) is 1. The van der Waals surface area contributed by atoms with Gasteiger partial charge in [0.2, 0.25) is 0 Å². The maximum atomic E-state index is 5.69. The monoisotopic (exact) mass is 219 g/mol.